The minimum atomic E-state index is 0.454. The molecule has 1 aliphatic carbocycles. The molecule has 0 aromatic heterocycles. The summed E-state index contributed by atoms with van der Waals surface area (Å²) in [4.78, 5) is 0.454. The molecule has 80 valence electrons. The predicted octanol–water partition coefficient (Wildman–Crippen LogP) is 2.53. The first-order valence-corrected chi connectivity index (χ1v) is 5.64. The van der Waals surface area contributed by atoms with Crippen LogP contribution in [0.2, 0.25) is 0 Å². The molecule has 15 heavy (non-hydrogen) atoms. The number of hydrogen-bond acceptors (Lipinski definition) is 2. The van der Waals surface area contributed by atoms with Crippen molar-refractivity contribution >= 4 is 22.9 Å². The number of hydrogen-bond donors (Lipinski definition) is 2. The summed E-state index contributed by atoms with van der Waals surface area (Å²) in [5.74, 6) is 0. The maximum atomic E-state index is 5.53. The zero-order chi connectivity index (χ0) is 10.9. The molecule has 0 aliphatic heterocycles. The van der Waals surface area contributed by atoms with Crippen LogP contribution in [0.25, 0.3) is 0 Å². The molecule has 0 bridgehead atoms. The fraction of sp³-hybridized carbons (Fsp3) is 0.417. The summed E-state index contributed by atoms with van der Waals surface area (Å²) in [7, 11) is 0. The van der Waals surface area contributed by atoms with E-state index >= 15 is 0 Å². The zero-order valence-corrected chi connectivity index (χ0v) is 9.73. The molecule has 1 aromatic rings. The molecule has 1 saturated carbocycles. The van der Waals surface area contributed by atoms with Crippen LogP contribution in [-0.4, -0.2) is 11.5 Å². The Morgan fingerprint density at radius 3 is 2.47 bits per heavy atom. The topological polar surface area (TPSA) is 38.0 Å². The van der Waals surface area contributed by atoms with Gasteiger partial charge in [-0.3, -0.25) is 0 Å². The van der Waals surface area contributed by atoms with Crippen molar-refractivity contribution in [3.05, 3.63) is 29.8 Å². The van der Waals surface area contributed by atoms with Crippen LogP contribution >= 0.6 is 12.2 Å². The highest BCUT2D eigenvalue weighted by atomic mass is 32.1. The standard InChI is InChI=1S/C12H16N2S/c1-12(6-7-12)8-14-10-4-2-9(3-5-10)11(13)15/h2-5,14H,6-8H2,1H3,(H2,13,15). The molecule has 1 fully saturated rings. The first kappa shape index (κ1) is 10.4. The smallest absolute Gasteiger partial charge is 0.103 e. The molecule has 2 rings (SSSR count). The highest BCUT2D eigenvalue weighted by molar-refractivity contribution is 7.80. The van der Waals surface area contributed by atoms with Gasteiger partial charge in [0.25, 0.3) is 0 Å². The molecule has 0 unspecified atom stereocenters. The highest BCUT2D eigenvalue weighted by Gasteiger charge is 2.36. The van der Waals surface area contributed by atoms with Crippen molar-refractivity contribution in [2.45, 2.75) is 19.8 Å². The Hall–Kier alpha value is -1.09. The molecular formula is C12H16N2S. The second kappa shape index (κ2) is 3.81. The Labute approximate surface area is 95.9 Å². The molecule has 3 heteroatoms. The van der Waals surface area contributed by atoms with Crippen LogP contribution in [0.3, 0.4) is 0 Å². The van der Waals surface area contributed by atoms with Crippen molar-refractivity contribution in [3.63, 3.8) is 0 Å². The maximum absolute atomic E-state index is 5.53. The van der Waals surface area contributed by atoms with Crippen molar-refractivity contribution in [2.24, 2.45) is 11.1 Å². The highest BCUT2D eigenvalue weighted by Crippen LogP contribution is 2.44. The summed E-state index contributed by atoms with van der Waals surface area (Å²) in [5.41, 5.74) is 8.12. The van der Waals surface area contributed by atoms with E-state index in [0.29, 0.717) is 10.4 Å². The first-order chi connectivity index (χ1) is 7.09. The van der Waals surface area contributed by atoms with Gasteiger partial charge in [-0.1, -0.05) is 19.1 Å². The predicted molar refractivity (Wildman–Crippen MR) is 68.2 cm³/mol. The molecule has 1 aliphatic rings. The third-order valence-electron chi connectivity index (χ3n) is 2.99. The van der Waals surface area contributed by atoms with Gasteiger partial charge in [0.15, 0.2) is 0 Å². The van der Waals surface area contributed by atoms with Gasteiger partial charge in [0.1, 0.15) is 4.99 Å². The molecule has 2 nitrogen and oxygen atoms in total. The zero-order valence-electron chi connectivity index (χ0n) is 8.92. The second-order valence-corrected chi connectivity index (χ2v) is 5.05. The average molecular weight is 220 g/mol. The van der Waals surface area contributed by atoms with Crippen LogP contribution in [0.1, 0.15) is 25.3 Å². The Morgan fingerprint density at radius 1 is 1.40 bits per heavy atom. The van der Waals surface area contributed by atoms with Crippen molar-refractivity contribution in [3.8, 4) is 0 Å². The summed E-state index contributed by atoms with van der Waals surface area (Å²) in [6.45, 7) is 3.36. The lowest BCUT2D eigenvalue weighted by molar-refractivity contribution is 0.611. The molecule has 0 saturated heterocycles. The fourth-order valence-corrected chi connectivity index (χ4v) is 1.59. The number of benzene rings is 1. The molecule has 0 atom stereocenters. The lowest BCUT2D eigenvalue weighted by atomic mass is 10.1. The SMILES string of the molecule is CC1(CNc2ccc(C(N)=S)cc2)CC1. The molecule has 1 aromatic carbocycles. The number of anilines is 1. The Morgan fingerprint density at radius 2 is 2.00 bits per heavy atom. The Balaban J connectivity index is 1.95. The number of nitrogens with one attached hydrogen (secondary N) is 1. The van der Waals surface area contributed by atoms with E-state index in [4.69, 9.17) is 18.0 Å². The maximum Gasteiger partial charge on any atom is 0.103 e. The molecule has 0 spiro atoms. The second-order valence-electron chi connectivity index (χ2n) is 4.61. The van der Waals surface area contributed by atoms with Gasteiger partial charge in [-0.15, -0.1) is 0 Å². The van der Waals surface area contributed by atoms with Gasteiger partial charge in [0.2, 0.25) is 0 Å². The fourth-order valence-electron chi connectivity index (χ4n) is 1.46. The first-order valence-electron chi connectivity index (χ1n) is 5.23. The Kier molecular flexibility index (Phi) is 2.65. The molecule has 0 amide bonds. The lowest BCUT2D eigenvalue weighted by Crippen LogP contribution is -2.12. The van der Waals surface area contributed by atoms with Crippen molar-refractivity contribution < 1.29 is 0 Å². The summed E-state index contributed by atoms with van der Waals surface area (Å²) in [6.07, 6.45) is 2.68. The molecule has 0 radical (unpaired) electrons. The normalized spacial score (nSPS) is 17.1. The van der Waals surface area contributed by atoms with Crippen molar-refractivity contribution in [1.29, 1.82) is 0 Å². The van der Waals surface area contributed by atoms with Crippen LogP contribution < -0.4 is 11.1 Å². The number of rotatable bonds is 4. The quantitative estimate of drug-likeness (QED) is 0.766. The van der Waals surface area contributed by atoms with Gasteiger partial charge in [0.05, 0.1) is 0 Å². The van der Waals surface area contributed by atoms with Crippen LogP contribution in [0.15, 0.2) is 24.3 Å². The lowest BCUT2D eigenvalue weighted by Gasteiger charge is -2.11. The van der Waals surface area contributed by atoms with Gasteiger partial charge in [-0.2, -0.15) is 0 Å². The van der Waals surface area contributed by atoms with Gasteiger partial charge in [-0.05, 0) is 42.5 Å². The monoisotopic (exact) mass is 220 g/mol. The minimum absolute atomic E-state index is 0.454. The molecular weight excluding hydrogens is 204 g/mol. The van der Waals surface area contributed by atoms with E-state index < -0.39 is 0 Å². The van der Waals surface area contributed by atoms with Gasteiger partial charge in [-0.25, -0.2) is 0 Å². The van der Waals surface area contributed by atoms with E-state index in [1.165, 1.54) is 12.8 Å². The van der Waals surface area contributed by atoms with Crippen molar-refractivity contribution in [2.75, 3.05) is 11.9 Å². The average Bonchev–Trinajstić information content (AvgIpc) is 2.95. The van der Waals surface area contributed by atoms with Crippen LogP contribution in [0, 0.1) is 5.41 Å². The van der Waals surface area contributed by atoms with E-state index in [1.807, 2.05) is 24.3 Å². The molecule has 3 N–H and O–H groups in total. The summed E-state index contributed by atoms with van der Waals surface area (Å²) in [5, 5.41) is 3.43. The summed E-state index contributed by atoms with van der Waals surface area (Å²) < 4.78 is 0. The minimum Gasteiger partial charge on any atom is -0.389 e. The summed E-state index contributed by atoms with van der Waals surface area (Å²) >= 11 is 4.90. The van der Waals surface area contributed by atoms with Gasteiger partial charge in [0, 0.05) is 17.8 Å². The van der Waals surface area contributed by atoms with E-state index in [-0.39, 0.29) is 0 Å². The third kappa shape index (κ3) is 2.69. The summed E-state index contributed by atoms with van der Waals surface area (Å²) in [6, 6.07) is 7.97. The largest absolute Gasteiger partial charge is 0.389 e. The van der Waals surface area contributed by atoms with E-state index in [2.05, 4.69) is 12.2 Å². The van der Waals surface area contributed by atoms with Crippen molar-refractivity contribution in [1.82, 2.24) is 0 Å². The van der Waals surface area contributed by atoms with Gasteiger partial charge >= 0.3 is 0 Å². The van der Waals surface area contributed by atoms with E-state index in [0.717, 1.165) is 17.8 Å². The van der Waals surface area contributed by atoms with E-state index in [9.17, 15) is 0 Å². The number of nitrogens with two attached hydrogens (primary N) is 1. The van der Waals surface area contributed by atoms with E-state index in [1.54, 1.807) is 0 Å². The third-order valence-corrected chi connectivity index (χ3v) is 3.23. The van der Waals surface area contributed by atoms with Gasteiger partial charge < -0.3 is 11.1 Å². The number of thiocarbonyl (C=S) groups is 1. The van der Waals surface area contributed by atoms with Crippen LogP contribution in [0.4, 0.5) is 5.69 Å². The van der Waals surface area contributed by atoms with Crippen LogP contribution in [-0.2, 0) is 0 Å². The molecule has 0 heterocycles. The van der Waals surface area contributed by atoms with Crippen LogP contribution in [0.5, 0.6) is 0 Å². The Bertz CT molecular complexity index is 366.